The number of hydrogen-bond acceptors (Lipinski definition) is 5. The average Bonchev–Trinajstić information content (AvgIpc) is 2.70. The van der Waals surface area contributed by atoms with E-state index in [1.54, 1.807) is 13.8 Å². The van der Waals surface area contributed by atoms with E-state index >= 15 is 0 Å². The van der Waals surface area contributed by atoms with Crippen LogP contribution < -0.4 is 5.32 Å². The molecule has 1 heterocycles. The highest BCUT2D eigenvalue weighted by Crippen LogP contribution is 2.36. The molecule has 1 aliphatic rings. The highest BCUT2D eigenvalue weighted by Gasteiger charge is 2.66. The first-order valence-electron chi connectivity index (χ1n) is 6.64. The van der Waals surface area contributed by atoms with E-state index in [-0.39, 0.29) is 25.8 Å². The van der Waals surface area contributed by atoms with Crippen LogP contribution in [0, 0.1) is 0 Å². The standard InChI is InChI=1S/C13H21NO5/c1-3-5-9(15)12(19)7-8-14-13(12,11(17)18)10(16)6-4-2/h14,19H,3-8H2,1-2H3,(H,17,18)/t12?,13-/m1/s1. The third-order valence-corrected chi connectivity index (χ3v) is 3.65. The summed E-state index contributed by atoms with van der Waals surface area (Å²) >= 11 is 0. The second-order valence-electron chi connectivity index (χ2n) is 4.94. The van der Waals surface area contributed by atoms with Crippen molar-refractivity contribution < 1.29 is 24.6 Å². The van der Waals surface area contributed by atoms with Gasteiger partial charge < -0.3 is 10.2 Å². The van der Waals surface area contributed by atoms with Crippen molar-refractivity contribution in [3.8, 4) is 0 Å². The molecule has 0 bridgehead atoms. The van der Waals surface area contributed by atoms with Crippen molar-refractivity contribution in [2.45, 2.75) is 57.1 Å². The summed E-state index contributed by atoms with van der Waals surface area (Å²) in [5.74, 6) is -2.69. The molecule has 0 amide bonds. The van der Waals surface area contributed by atoms with Gasteiger partial charge in [0.25, 0.3) is 0 Å². The lowest BCUT2D eigenvalue weighted by Gasteiger charge is -2.36. The van der Waals surface area contributed by atoms with Gasteiger partial charge >= 0.3 is 5.97 Å². The fourth-order valence-electron chi connectivity index (χ4n) is 2.66. The topological polar surface area (TPSA) is 104 Å². The molecule has 6 nitrogen and oxygen atoms in total. The molecule has 19 heavy (non-hydrogen) atoms. The van der Waals surface area contributed by atoms with Crippen LogP contribution >= 0.6 is 0 Å². The quantitative estimate of drug-likeness (QED) is 0.574. The van der Waals surface area contributed by atoms with Gasteiger partial charge in [-0.3, -0.25) is 14.9 Å². The SMILES string of the molecule is CCCC(=O)C1(O)CCN[C@@]1(C(=O)O)C(=O)CCC. The Hall–Kier alpha value is -1.27. The van der Waals surface area contributed by atoms with Crippen LogP contribution in [0.5, 0.6) is 0 Å². The minimum Gasteiger partial charge on any atom is -0.479 e. The van der Waals surface area contributed by atoms with Gasteiger partial charge in [0.15, 0.2) is 17.2 Å². The maximum Gasteiger partial charge on any atom is 0.335 e. The Labute approximate surface area is 112 Å². The Morgan fingerprint density at radius 2 is 1.63 bits per heavy atom. The molecule has 0 aromatic heterocycles. The highest BCUT2D eigenvalue weighted by atomic mass is 16.4. The largest absolute Gasteiger partial charge is 0.479 e. The number of aliphatic hydroxyl groups is 1. The van der Waals surface area contributed by atoms with E-state index in [1.807, 2.05) is 0 Å². The van der Waals surface area contributed by atoms with E-state index in [4.69, 9.17) is 0 Å². The van der Waals surface area contributed by atoms with Crippen LogP contribution in [0.1, 0.15) is 46.0 Å². The Kier molecular flexibility index (Phi) is 4.81. The third kappa shape index (κ3) is 2.30. The maximum absolute atomic E-state index is 12.2. The van der Waals surface area contributed by atoms with E-state index in [2.05, 4.69) is 5.32 Å². The molecule has 108 valence electrons. The third-order valence-electron chi connectivity index (χ3n) is 3.65. The molecule has 0 aromatic rings. The lowest BCUT2D eigenvalue weighted by atomic mass is 9.73. The molecule has 0 aromatic carbocycles. The molecular formula is C13H21NO5. The summed E-state index contributed by atoms with van der Waals surface area (Å²) in [6.45, 7) is 3.64. The summed E-state index contributed by atoms with van der Waals surface area (Å²) in [6.07, 6.45) is 0.994. The van der Waals surface area contributed by atoms with Crippen molar-refractivity contribution in [1.29, 1.82) is 0 Å². The van der Waals surface area contributed by atoms with Gasteiger partial charge in [0.1, 0.15) is 0 Å². The van der Waals surface area contributed by atoms with Crippen molar-refractivity contribution in [3.63, 3.8) is 0 Å². The van der Waals surface area contributed by atoms with Crippen LogP contribution in [0.4, 0.5) is 0 Å². The monoisotopic (exact) mass is 271 g/mol. The molecule has 0 spiro atoms. The average molecular weight is 271 g/mol. The lowest BCUT2D eigenvalue weighted by molar-refractivity contribution is -0.168. The van der Waals surface area contributed by atoms with Crippen molar-refractivity contribution in [2.24, 2.45) is 0 Å². The number of carboxylic acid groups (broad SMARTS) is 1. The van der Waals surface area contributed by atoms with Crippen molar-refractivity contribution >= 4 is 17.5 Å². The molecule has 3 N–H and O–H groups in total. The normalized spacial score (nSPS) is 30.3. The van der Waals surface area contributed by atoms with Crippen molar-refractivity contribution in [1.82, 2.24) is 5.32 Å². The molecule has 1 unspecified atom stereocenters. The fraction of sp³-hybridized carbons (Fsp3) is 0.769. The molecule has 0 saturated carbocycles. The van der Waals surface area contributed by atoms with Crippen LogP contribution in [0.25, 0.3) is 0 Å². The number of Topliss-reactive ketones (excluding diaryl/α,β-unsaturated/α-hetero) is 2. The second kappa shape index (κ2) is 5.79. The Morgan fingerprint density at radius 3 is 2.11 bits per heavy atom. The predicted octanol–water partition coefficient (Wildman–Crippen LogP) is 0.273. The minimum absolute atomic E-state index is 0.0149. The number of aliphatic carboxylic acids is 1. The van der Waals surface area contributed by atoms with Crippen LogP contribution in [0.2, 0.25) is 0 Å². The van der Waals surface area contributed by atoms with Crippen LogP contribution in [0.15, 0.2) is 0 Å². The maximum atomic E-state index is 12.2. The summed E-state index contributed by atoms with van der Waals surface area (Å²) in [5.41, 5.74) is -4.32. The number of nitrogens with one attached hydrogen (secondary N) is 1. The molecular weight excluding hydrogens is 250 g/mol. The van der Waals surface area contributed by atoms with Gasteiger partial charge in [-0.05, 0) is 25.8 Å². The molecule has 2 atom stereocenters. The molecule has 6 heteroatoms. The zero-order chi connectivity index (χ0) is 14.7. The van der Waals surface area contributed by atoms with E-state index in [0.717, 1.165) is 0 Å². The smallest absolute Gasteiger partial charge is 0.335 e. The van der Waals surface area contributed by atoms with Gasteiger partial charge in [0.05, 0.1) is 0 Å². The fourth-order valence-corrected chi connectivity index (χ4v) is 2.66. The Balaban J connectivity index is 3.25. The first-order valence-corrected chi connectivity index (χ1v) is 6.64. The first kappa shape index (κ1) is 15.8. The number of carboxylic acids is 1. The van der Waals surface area contributed by atoms with Gasteiger partial charge in [-0.25, -0.2) is 4.79 Å². The van der Waals surface area contributed by atoms with Crippen LogP contribution in [-0.4, -0.2) is 45.4 Å². The molecule has 1 fully saturated rings. The highest BCUT2D eigenvalue weighted by molar-refractivity contribution is 6.15. The summed E-state index contributed by atoms with van der Waals surface area (Å²) in [5, 5.41) is 22.5. The Morgan fingerprint density at radius 1 is 1.11 bits per heavy atom. The van der Waals surface area contributed by atoms with Crippen LogP contribution in [-0.2, 0) is 14.4 Å². The van der Waals surface area contributed by atoms with E-state index in [0.29, 0.717) is 12.8 Å². The van der Waals surface area contributed by atoms with Gasteiger partial charge in [-0.2, -0.15) is 0 Å². The number of ketones is 2. The molecule has 0 aliphatic carbocycles. The number of carbonyl (C=O) groups excluding carboxylic acids is 2. The molecule has 1 rings (SSSR count). The summed E-state index contributed by atoms with van der Waals surface area (Å²) in [6, 6.07) is 0. The molecule has 1 saturated heterocycles. The van der Waals surface area contributed by atoms with Gasteiger partial charge in [0.2, 0.25) is 5.54 Å². The zero-order valence-corrected chi connectivity index (χ0v) is 11.4. The van der Waals surface area contributed by atoms with Crippen molar-refractivity contribution in [2.75, 3.05) is 6.54 Å². The molecule has 1 aliphatic heterocycles. The van der Waals surface area contributed by atoms with Crippen LogP contribution in [0.3, 0.4) is 0 Å². The Bertz CT molecular complexity index is 394. The number of carbonyl (C=O) groups is 3. The lowest BCUT2D eigenvalue weighted by Crippen LogP contribution is -2.69. The van der Waals surface area contributed by atoms with Gasteiger partial charge in [-0.1, -0.05) is 13.8 Å². The summed E-state index contributed by atoms with van der Waals surface area (Å²) in [4.78, 5) is 35.8. The van der Waals surface area contributed by atoms with Gasteiger partial charge in [0, 0.05) is 12.8 Å². The van der Waals surface area contributed by atoms with E-state index < -0.39 is 28.7 Å². The predicted molar refractivity (Wildman–Crippen MR) is 67.8 cm³/mol. The summed E-state index contributed by atoms with van der Waals surface area (Å²) in [7, 11) is 0. The van der Waals surface area contributed by atoms with E-state index in [1.165, 1.54) is 0 Å². The van der Waals surface area contributed by atoms with Gasteiger partial charge in [-0.15, -0.1) is 0 Å². The zero-order valence-electron chi connectivity index (χ0n) is 11.4. The second-order valence-corrected chi connectivity index (χ2v) is 4.94. The first-order chi connectivity index (χ1) is 8.86. The van der Waals surface area contributed by atoms with Crippen molar-refractivity contribution in [3.05, 3.63) is 0 Å². The minimum atomic E-state index is -2.19. The number of rotatable bonds is 7. The van der Waals surface area contributed by atoms with E-state index in [9.17, 15) is 24.6 Å². The number of hydrogen-bond donors (Lipinski definition) is 3. The molecule has 0 radical (unpaired) electrons. The summed E-state index contributed by atoms with van der Waals surface area (Å²) < 4.78 is 0.